The Hall–Kier alpha value is -2.31. The standard InChI is InChI=1S/C14H17FN2O4/c1-21-12-7-10(4-5-11(12)15)16-14(20)17-6-2-3-9(8-17)13(18)19/h4-5,7,9H,2-3,6,8H2,1H3,(H,16,20)(H,18,19). The van der Waals surface area contributed by atoms with Crippen LogP contribution in [-0.4, -0.2) is 42.2 Å². The number of likely N-dealkylation sites (tertiary alicyclic amines) is 1. The largest absolute Gasteiger partial charge is 0.494 e. The number of aliphatic carboxylic acids is 1. The Kier molecular flexibility index (Phi) is 4.62. The molecule has 0 saturated carbocycles. The molecule has 0 aromatic heterocycles. The number of hydrogen-bond acceptors (Lipinski definition) is 3. The van der Waals surface area contributed by atoms with Crippen LogP contribution in [0, 0.1) is 11.7 Å². The summed E-state index contributed by atoms with van der Waals surface area (Å²) in [7, 11) is 1.34. The summed E-state index contributed by atoms with van der Waals surface area (Å²) < 4.78 is 18.1. The summed E-state index contributed by atoms with van der Waals surface area (Å²) in [5, 5.41) is 11.6. The van der Waals surface area contributed by atoms with Gasteiger partial charge >= 0.3 is 12.0 Å². The summed E-state index contributed by atoms with van der Waals surface area (Å²) in [5.41, 5.74) is 0.399. The van der Waals surface area contributed by atoms with Crippen molar-refractivity contribution in [2.24, 2.45) is 5.92 Å². The Morgan fingerprint density at radius 1 is 1.48 bits per heavy atom. The van der Waals surface area contributed by atoms with Gasteiger partial charge in [0.1, 0.15) is 0 Å². The molecule has 2 rings (SSSR count). The molecule has 0 radical (unpaired) electrons. The van der Waals surface area contributed by atoms with Gasteiger partial charge in [0.25, 0.3) is 0 Å². The van der Waals surface area contributed by atoms with Crippen LogP contribution in [0.5, 0.6) is 5.75 Å². The lowest BCUT2D eigenvalue weighted by Gasteiger charge is -2.30. The number of halogens is 1. The third kappa shape index (κ3) is 3.62. The minimum Gasteiger partial charge on any atom is -0.494 e. The van der Waals surface area contributed by atoms with Crippen molar-refractivity contribution in [3.8, 4) is 5.75 Å². The van der Waals surface area contributed by atoms with Crippen LogP contribution in [0.1, 0.15) is 12.8 Å². The number of anilines is 1. The van der Waals surface area contributed by atoms with Crippen LogP contribution in [-0.2, 0) is 4.79 Å². The maximum atomic E-state index is 13.3. The summed E-state index contributed by atoms with van der Waals surface area (Å²) in [5.74, 6) is -1.91. The number of carboxylic acid groups (broad SMARTS) is 1. The predicted octanol–water partition coefficient (Wildman–Crippen LogP) is 2.16. The molecule has 0 spiro atoms. The van der Waals surface area contributed by atoms with Gasteiger partial charge in [0.05, 0.1) is 13.0 Å². The van der Waals surface area contributed by atoms with Gasteiger partial charge in [0, 0.05) is 24.8 Å². The van der Waals surface area contributed by atoms with Gasteiger partial charge in [-0.3, -0.25) is 4.79 Å². The SMILES string of the molecule is COc1cc(NC(=O)N2CCCC(C(=O)O)C2)ccc1F. The van der Waals surface area contributed by atoms with Crippen molar-refractivity contribution in [2.45, 2.75) is 12.8 Å². The molecule has 114 valence electrons. The minimum absolute atomic E-state index is 0.0369. The smallest absolute Gasteiger partial charge is 0.321 e. The number of ether oxygens (including phenoxy) is 1. The first-order chi connectivity index (χ1) is 10.0. The number of hydrogen-bond donors (Lipinski definition) is 2. The van der Waals surface area contributed by atoms with Crippen molar-refractivity contribution in [1.82, 2.24) is 4.90 Å². The highest BCUT2D eigenvalue weighted by atomic mass is 19.1. The number of piperidine rings is 1. The van der Waals surface area contributed by atoms with Gasteiger partial charge in [0.15, 0.2) is 11.6 Å². The van der Waals surface area contributed by atoms with Crippen LogP contribution in [0.25, 0.3) is 0 Å². The molecule has 1 aliphatic rings. The Morgan fingerprint density at radius 2 is 2.24 bits per heavy atom. The molecule has 7 heteroatoms. The zero-order chi connectivity index (χ0) is 15.4. The van der Waals surface area contributed by atoms with E-state index < -0.39 is 23.7 Å². The van der Waals surface area contributed by atoms with Crippen molar-refractivity contribution in [3.63, 3.8) is 0 Å². The maximum absolute atomic E-state index is 13.3. The molecule has 2 N–H and O–H groups in total. The van der Waals surface area contributed by atoms with Crippen molar-refractivity contribution >= 4 is 17.7 Å². The lowest BCUT2D eigenvalue weighted by atomic mass is 9.99. The molecule has 1 heterocycles. The molecular weight excluding hydrogens is 279 g/mol. The van der Waals surface area contributed by atoms with E-state index in [4.69, 9.17) is 9.84 Å². The first-order valence-corrected chi connectivity index (χ1v) is 6.63. The second-order valence-corrected chi connectivity index (χ2v) is 4.90. The van der Waals surface area contributed by atoms with Gasteiger partial charge in [-0.05, 0) is 25.0 Å². The monoisotopic (exact) mass is 296 g/mol. The summed E-state index contributed by atoms with van der Waals surface area (Å²) in [6, 6.07) is 3.61. The fraction of sp³-hybridized carbons (Fsp3) is 0.429. The van der Waals surface area contributed by atoms with E-state index in [1.165, 1.54) is 30.2 Å². The van der Waals surface area contributed by atoms with Crippen LogP contribution in [0.3, 0.4) is 0 Å². The molecular formula is C14H17FN2O4. The van der Waals surface area contributed by atoms with Crippen LogP contribution in [0.15, 0.2) is 18.2 Å². The summed E-state index contributed by atoms with van der Waals surface area (Å²) in [6.07, 6.45) is 1.22. The fourth-order valence-electron chi connectivity index (χ4n) is 2.30. The predicted molar refractivity (Wildman–Crippen MR) is 73.9 cm³/mol. The van der Waals surface area contributed by atoms with Gasteiger partial charge in [0.2, 0.25) is 0 Å². The molecule has 0 aliphatic carbocycles. The first-order valence-electron chi connectivity index (χ1n) is 6.63. The first kappa shape index (κ1) is 15.1. The van der Waals surface area contributed by atoms with Crippen molar-refractivity contribution < 1.29 is 23.8 Å². The highest BCUT2D eigenvalue weighted by Crippen LogP contribution is 2.23. The van der Waals surface area contributed by atoms with Gasteiger partial charge in [-0.25, -0.2) is 9.18 Å². The van der Waals surface area contributed by atoms with E-state index in [1.807, 2.05) is 0 Å². The topological polar surface area (TPSA) is 78.9 Å². The van der Waals surface area contributed by atoms with Crippen LogP contribution in [0.4, 0.5) is 14.9 Å². The molecule has 2 amide bonds. The van der Waals surface area contributed by atoms with Crippen LogP contribution in [0.2, 0.25) is 0 Å². The summed E-state index contributed by atoms with van der Waals surface area (Å²) in [4.78, 5) is 24.5. The zero-order valence-electron chi connectivity index (χ0n) is 11.6. The van der Waals surface area contributed by atoms with E-state index in [-0.39, 0.29) is 12.3 Å². The number of amides is 2. The van der Waals surface area contributed by atoms with E-state index in [2.05, 4.69) is 5.32 Å². The number of methoxy groups -OCH3 is 1. The van der Waals surface area contributed by atoms with E-state index in [0.29, 0.717) is 25.1 Å². The molecule has 21 heavy (non-hydrogen) atoms. The molecule has 1 aliphatic heterocycles. The molecule has 1 aromatic carbocycles. The second-order valence-electron chi connectivity index (χ2n) is 4.90. The number of nitrogens with zero attached hydrogens (tertiary/aromatic N) is 1. The third-order valence-corrected chi connectivity index (χ3v) is 3.46. The van der Waals surface area contributed by atoms with Crippen molar-refractivity contribution in [3.05, 3.63) is 24.0 Å². The summed E-state index contributed by atoms with van der Waals surface area (Å²) >= 11 is 0. The Bertz CT molecular complexity index is 550. The third-order valence-electron chi connectivity index (χ3n) is 3.46. The summed E-state index contributed by atoms with van der Waals surface area (Å²) in [6.45, 7) is 0.688. The minimum atomic E-state index is -0.893. The van der Waals surface area contributed by atoms with E-state index in [1.54, 1.807) is 0 Å². The van der Waals surface area contributed by atoms with Gasteiger partial charge in [-0.2, -0.15) is 0 Å². The Labute approximate surface area is 121 Å². The lowest BCUT2D eigenvalue weighted by molar-refractivity contribution is -0.143. The molecule has 1 aromatic rings. The highest BCUT2D eigenvalue weighted by molar-refractivity contribution is 5.90. The number of rotatable bonds is 3. The second kappa shape index (κ2) is 6.43. The molecule has 0 bridgehead atoms. The number of nitrogens with one attached hydrogen (secondary N) is 1. The molecule has 1 fully saturated rings. The number of carboxylic acids is 1. The Balaban J connectivity index is 2.02. The van der Waals surface area contributed by atoms with E-state index in [0.717, 1.165) is 0 Å². The number of urea groups is 1. The average molecular weight is 296 g/mol. The van der Waals surface area contributed by atoms with Crippen LogP contribution < -0.4 is 10.1 Å². The number of carbonyl (C=O) groups is 2. The normalized spacial score (nSPS) is 18.2. The van der Waals surface area contributed by atoms with Crippen molar-refractivity contribution in [2.75, 3.05) is 25.5 Å². The number of carbonyl (C=O) groups excluding carboxylic acids is 1. The van der Waals surface area contributed by atoms with Crippen molar-refractivity contribution in [1.29, 1.82) is 0 Å². The quantitative estimate of drug-likeness (QED) is 0.896. The van der Waals surface area contributed by atoms with Gasteiger partial charge < -0.3 is 20.1 Å². The van der Waals surface area contributed by atoms with E-state index >= 15 is 0 Å². The molecule has 1 unspecified atom stereocenters. The Morgan fingerprint density at radius 3 is 2.90 bits per heavy atom. The van der Waals surface area contributed by atoms with Crippen LogP contribution >= 0.6 is 0 Å². The number of benzene rings is 1. The average Bonchev–Trinajstić information content (AvgIpc) is 2.49. The fourth-order valence-corrected chi connectivity index (χ4v) is 2.30. The molecule has 1 atom stereocenters. The lowest BCUT2D eigenvalue weighted by Crippen LogP contribution is -2.44. The van der Waals surface area contributed by atoms with Gasteiger partial charge in [-0.15, -0.1) is 0 Å². The molecule has 1 saturated heterocycles. The highest BCUT2D eigenvalue weighted by Gasteiger charge is 2.28. The maximum Gasteiger partial charge on any atom is 0.321 e. The van der Waals surface area contributed by atoms with E-state index in [9.17, 15) is 14.0 Å². The molecule has 6 nitrogen and oxygen atoms in total. The zero-order valence-corrected chi connectivity index (χ0v) is 11.6. The van der Waals surface area contributed by atoms with Gasteiger partial charge in [-0.1, -0.05) is 0 Å².